The lowest BCUT2D eigenvalue weighted by molar-refractivity contribution is -0.132. The van der Waals surface area contributed by atoms with Crippen LogP contribution in [0.15, 0.2) is 82.1 Å². The van der Waals surface area contributed by atoms with Crippen molar-refractivity contribution in [3.05, 3.63) is 111 Å². The quantitative estimate of drug-likeness (QED) is 0.405. The van der Waals surface area contributed by atoms with Crippen molar-refractivity contribution in [1.82, 2.24) is 14.9 Å². The number of hydrogen-bond acceptors (Lipinski definition) is 4. The summed E-state index contributed by atoms with van der Waals surface area (Å²) in [7, 11) is 0. The third kappa shape index (κ3) is 3.39. The summed E-state index contributed by atoms with van der Waals surface area (Å²) in [6.07, 6.45) is 2.63. The summed E-state index contributed by atoms with van der Waals surface area (Å²) in [4.78, 5) is 36.0. The zero-order chi connectivity index (χ0) is 23.2. The molecule has 1 atom stereocenters. The molecule has 0 bridgehead atoms. The second-order valence-electron chi connectivity index (χ2n) is 8.82. The van der Waals surface area contributed by atoms with Gasteiger partial charge in [-0.1, -0.05) is 36.4 Å². The van der Waals surface area contributed by atoms with Crippen LogP contribution in [0.5, 0.6) is 0 Å². The van der Waals surface area contributed by atoms with Gasteiger partial charge in [0.15, 0.2) is 0 Å². The van der Waals surface area contributed by atoms with Crippen LogP contribution in [0.3, 0.4) is 0 Å². The number of rotatable bonds is 3. The van der Waals surface area contributed by atoms with E-state index in [9.17, 15) is 9.59 Å². The zero-order valence-electron chi connectivity index (χ0n) is 18.7. The molecule has 1 N–H and O–H groups in total. The Labute approximate surface area is 195 Å². The lowest BCUT2D eigenvalue weighted by Gasteiger charge is -2.35. The minimum absolute atomic E-state index is 0.0487. The number of aryl methyl sites for hydroxylation is 1. The second kappa shape index (κ2) is 7.99. The number of aromatic amines is 1. The average Bonchev–Trinajstić information content (AvgIpc) is 3.22. The predicted octanol–water partition coefficient (Wildman–Crippen LogP) is 4.69. The number of carbonyl (C=O) groups excluding carboxylic acids is 1. The number of benzene rings is 2. The molecule has 0 saturated carbocycles. The van der Waals surface area contributed by atoms with Gasteiger partial charge in [0.25, 0.3) is 0 Å². The fourth-order valence-electron chi connectivity index (χ4n) is 5.10. The van der Waals surface area contributed by atoms with Gasteiger partial charge in [-0.25, -0.2) is 4.79 Å². The molecule has 0 unspecified atom stereocenters. The summed E-state index contributed by atoms with van der Waals surface area (Å²) in [5, 5.41) is 1.98. The van der Waals surface area contributed by atoms with Gasteiger partial charge in [-0.2, -0.15) is 0 Å². The van der Waals surface area contributed by atoms with E-state index in [1.807, 2.05) is 60.4 Å². The van der Waals surface area contributed by atoms with Crippen molar-refractivity contribution >= 4 is 27.8 Å². The number of aromatic nitrogens is 2. The van der Waals surface area contributed by atoms with Crippen molar-refractivity contribution in [1.29, 1.82) is 0 Å². The van der Waals surface area contributed by atoms with Crippen LogP contribution in [-0.2, 0) is 17.6 Å². The number of pyridine rings is 1. The van der Waals surface area contributed by atoms with Crippen LogP contribution in [0.2, 0.25) is 0 Å². The van der Waals surface area contributed by atoms with Crippen LogP contribution in [0, 0.1) is 6.92 Å². The van der Waals surface area contributed by atoms with E-state index in [2.05, 4.69) is 22.1 Å². The zero-order valence-corrected chi connectivity index (χ0v) is 18.7. The minimum Gasteiger partial charge on any atom is -0.423 e. The van der Waals surface area contributed by atoms with Gasteiger partial charge in [0.2, 0.25) is 5.91 Å². The number of para-hydroxylation sites is 1. The van der Waals surface area contributed by atoms with E-state index in [1.165, 1.54) is 17.0 Å². The number of hydrogen-bond donors (Lipinski definition) is 1. The maximum Gasteiger partial charge on any atom is 0.336 e. The predicted molar refractivity (Wildman–Crippen MR) is 131 cm³/mol. The van der Waals surface area contributed by atoms with Crippen LogP contribution in [0.4, 0.5) is 0 Å². The third-order valence-corrected chi connectivity index (χ3v) is 6.65. The molecule has 0 spiro atoms. The van der Waals surface area contributed by atoms with E-state index in [0.717, 1.165) is 34.3 Å². The Morgan fingerprint density at radius 2 is 1.94 bits per heavy atom. The molecule has 0 fully saturated rings. The van der Waals surface area contributed by atoms with Crippen LogP contribution in [-0.4, -0.2) is 27.3 Å². The molecule has 6 nitrogen and oxygen atoms in total. The van der Waals surface area contributed by atoms with E-state index in [0.29, 0.717) is 17.7 Å². The Morgan fingerprint density at radius 3 is 2.79 bits per heavy atom. The number of H-pyrrole nitrogens is 1. The summed E-state index contributed by atoms with van der Waals surface area (Å²) in [5.74, 6) is -0.0487. The highest BCUT2D eigenvalue weighted by molar-refractivity contribution is 5.89. The van der Waals surface area contributed by atoms with Gasteiger partial charge in [0, 0.05) is 40.8 Å². The molecule has 6 rings (SSSR count). The van der Waals surface area contributed by atoms with Crippen LogP contribution < -0.4 is 5.63 Å². The van der Waals surface area contributed by atoms with Crippen molar-refractivity contribution in [2.45, 2.75) is 25.8 Å². The van der Waals surface area contributed by atoms with Gasteiger partial charge >= 0.3 is 5.63 Å². The normalized spacial score (nSPS) is 15.6. The number of fused-ring (bicyclic) bond motifs is 4. The Kier molecular flexibility index (Phi) is 4.80. The molecule has 0 saturated heterocycles. The summed E-state index contributed by atoms with van der Waals surface area (Å²) >= 11 is 0. The highest BCUT2D eigenvalue weighted by Crippen LogP contribution is 2.38. The Morgan fingerprint density at radius 1 is 1.09 bits per heavy atom. The first kappa shape index (κ1) is 20.4. The van der Waals surface area contributed by atoms with Gasteiger partial charge < -0.3 is 14.3 Å². The van der Waals surface area contributed by atoms with Gasteiger partial charge in [-0.05, 0) is 54.3 Å². The molecule has 1 aliphatic rings. The second-order valence-corrected chi connectivity index (χ2v) is 8.82. The first-order valence-electron chi connectivity index (χ1n) is 11.4. The standard InChI is InChI=1S/C28H23N3O3/c1-17-9-10-19-18(16-26(33)34-24(19)14-17)15-25(32)31-13-11-21-20-6-2-3-7-22(20)30-27(21)28(31)23-8-4-5-12-29-23/h2-10,12,14,16,28,30H,11,13,15H2,1H3/t28-/m0/s1. The summed E-state index contributed by atoms with van der Waals surface area (Å²) in [6, 6.07) is 20.8. The molecule has 168 valence electrons. The van der Waals surface area contributed by atoms with E-state index in [-0.39, 0.29) is 18.4 Å². The molecule has 2 aromatic carbocycles. The molecular weight excluding hydrogens is 426 g/mol. The molecule has 34 heavy (non-hydrogen) atoms. The lowest BCUT2D eigenvalue weighted by Crippen LogP contribution is -2.41. The van der Waals surface area contributed by atoms with E-state index < -0.39 is 5.63 Å². The van der Waals surface area contributed by atoms with Crippen molar-refractivity contribution in [3.8, 4) is 0 Å². The number of nitrogens with one attached hydrogen (secondary N) is 1. The molecule has 0 aliphatic carbocycles. The maximum absolute atomic E-state index is 13.7. The third-order valence-electron chi connectivity index (χ3n) is 6.65. The van der Waals surface area contributed by atoms with Crippen LogP contribution in [0.1, 0.15) is 34.1 Å². The van der Waals surface area contributed by atoms with Gasteiger partial charge in [-0.3, -0.25) is 9.78 Å². The van der Waals surface area contributed by atoms with Crippen molar-refractivity contribution in [2.24, 2.45) is 0 Å². The van der Waals surface area contributed by atoms with E-state index in [4.69, 9.17) is 4.42 Å². The fraction of sp³-hybridized carbons (Fsp3) is 0.179. The van der Waals surface area contributed by atoms with E-state index in [1.54, 1.807) is 6.20 Å². The Balaban J connectivity index is 1.43. The smallest absolute Gasteiger partial charge is 0.336 e. The Hall–Kier alpha value is -4.19. The first-order valence-corrected chi connectivity index (χ1v) is 11.4. The first-order chi connectivity index (χ1) is 16.6. The molecular formula is C28H23N3O3. The topological polar surface area (TPSA) is 79.2 Å². The molecule has 4 heterocycles. The van der Waals surface area contributed by atoms with Crippen molar-refractivity contribution in [2.75, 3.05) is 6.54 Å². The molecule has 5 aromatic rings. The monoisotopic (exact) mass is 449 g/mol. The lowest BCUT2D eigenvalue weighted by atomic mass is 9.94. The van der Waals surface area contributed by atoms with Crippen molar-refractivity contribution in [3.63, 3.8) is 0 Å². The van der Waals surface area contributed by atoms with Gasteiger partial charge in [0.1, 0.15) is 11.6 Å². The summed E-state index contributed by atoms with van der Waals surface area (Å²) in [6.45, 7) is 2.52. The molecule has 0 radical (unpaired) electrons. The van der Waals surface area contributed by atoms with Crippen LogP contribution in [0.25, 0.3) is 21.9 Å². The van der Waals surface area contributed by atoms with E-state index >= 15 is 0 Å². The number of carbonyl (C=O) groups is 1. The number of amides is 1. The molecule has 1 amide bonds. The SMILES string of the molecule is Cc1ccc2c(CC(=O)N3CCc4c([nH]c5ccccc45)[C@@H]3c3ccccn3)cc(=O)oc2c1. The van der Waals surface area contributed by atoms with Gasteiger partial charge in [-0.15, -0.1) is 0 Å². The average molecular weight is 450 g/mol. The molecule has 1 aliphatic heterocycles. The van der Waals surface area contributed by atoms with Crippen LogP contribution >= 0.6 is 0 Å². The summed E-state index contributed by atoms with van der Waals surface area (Å²) in [5.41, 5.74) is 5.85. The molecule has 6 heteroatoms. The highest BCUT2D eigenvalue weighted by Gasteiger charge is 2.35. The highest BCUT2D eigenvalue weighted by atomic mass is 16.4. The van der Waals surface area contributed by atoms with Gasteiger partial charge in [0.05, 0.1) is 12.1 Å². The fourth-order valence-corrected chi connectivity index (χ4v) is 5.10. The minimum atomic E-state index is -0.446. The molecule has 3 aromatic heterocycles. The maximum atomic E-state index is 13.7. The largest absolute Gasteiger partial charge is 0.423 e. The Bertz CT molecular complexity index is 1600. The summed E-state index contributed by atoms with van der Waals surface area (Å²) < 4.78 is 5.39. The van der Waals surface area contributed by atoms with Crippen molar-refractivity contribution < 1.29 is 9.21 Å². The number of nitrogens with zero attached hydrogens (tertiary/aromatic N) is 2.